The number of hydrogen-bond donors (Lipinski definition) is 0. The third-order valence-corrected chi connectivity index (χ3v) is 6.60. The van der Waals surface area contributed by atoms with Crippen LogP contribution >= 0.6 is 10.2 Å². The molecule has 0 aliphatic heterocycles. The van der Waals surface area contributed by atoms with Crippen molar-refractivity contribution in [1.29, 1.82) is 0 Å². The fraction of sp³-hybridized carbons (Fsp3) is 0.538. The summed E-state index contributed by atoms with van der Waals surface area (Å²) in [6.07, 6.45) is 5.55. The van der Waals surface area contributed by atoms with Crippen LogP contribution in [0.4, 0.5) is 0 Å². The molecule has 0 radical (unpaired) electrons. The molecule has 0 nitrogen and oxygen atoms in total. The second kappa shape index (κ2) is 8.27. The third-order valence-electron chi connectivity index (χ3n) is 2.26. The van der Waals surface area contributed by atoms with Crippen molar-refractivity contribution in [3.8, 4) is 0 Å². The first-order chi connectivity index (χ1) is 7.33. The monoisotopic (exact) mass is 288 g/mol. The number of unbranched alkanes of at least 4 members (excludes halogenated alkanes) is 3. The maximum atomic E-state index is 2.27. The average Bonchev–Trinajstić information content (AvgIpc) is 2.26. The zero-order valence-electron chi connectivity index (χ0n) is 9.66. The molecule has 0 fully saturated rings. The molecule has 0 N–H and O–H groups in total. The number of aryl methyl sites for hydroxylation is 1. The van der Waals surface area contributed by atoms with Crippen molar-refractivity contribution in [3.63, 3.8) is 0 Å². The van der Waals surface area contributed by atoms with E-state index in [0.717, 1.165) is 0 Å². The van der Waals surface area contributed by atoms with Gasteiger partial charge in [-0.05, 0) is 0 Å². The minimum absolute atomic E-state index is 0.625. The fourth-order valence-corrected chi connectivity index (χ4v) is 5.05. The van der Waals surface area contributed by atoms with Crippen LogP contribution in [-0.2, 0) is 0 Å². The zero-order chi connectivity index (χ0) is 10.9. The molecule has 1 rings (SSSR count). The van der Waals surface area contributed by atoms with Gasteiger partial charge < -0.3 is 0 Å². The van der Waals surface area contributed by atoms with Gasteiger partial charge in [0.05, 0.1) is 0 Å². The summed E-state index contributed by atoms with van der Waals surface area (Å²) in [5, 5.41) is 0. The second-order valence-corrected chi connectivity index (χ2v) is 8.11. The van der Waals surface area contributed by atoms with Crippen LogP contribution in [0.5, 0.6) is 0 Å². The molecule has 0 saturated carbocycles. The first-order valence-corrected chi connectivity index (χ1v) is 9.55. The van der Waals surface area contributed by atoms with E-state index in [-0.39, 0.29) is 0 Å². The predicted octanol–water partition coefficient (Wildman–Crippen LogP) is 3.55. The van der Waals surface area contributed by atoms with Gasteiger partial charge >= 0.3 is 104 Å². The van der Waals surface area contributed by atoms with Gasteiger partial charge in [0.1, 0.15) is 0 Å². The Kier molecular flexibility index (Phi) is 7.25. The first kappa shape index (κ1) is 13.2. The molecule has 1 aromatic rings. The van der Waals surface area contributed by atoms with Crippen LogP contribution in [-0.4, -0.2) is 19.6 Å². The number of rotatable bonds is 7. The quantitative estimate of drug-likeness (QED) is 0.546. The Balaban J connectivity index is 2.07. The van der Waals surface area contributed by atoms with E-state index in [0.29, 0.717) is 13.8 Å². The summed E-state index contributed by atoms with van der Waals surface area (Å²) >= 11 is 0.625. The molecular formula is C13H20SSe. The van der Waals surface area contributed by atoms with Crippen LogP contribution in [0, 0.1) is 6.92 Å². The standard InChI is InChI=1S/C13H20SSe/c1-3-4-5-6-11-14-15-13-9-7-12(2)8-10-13/h7-10H,3-6,11H2,1-2H3. The summed E-state index contributed by atoms with van der Waals surface area (Å²) in [7, 11) is 2.13. The Morgan fingerprint density at radius 3 is 2.47 bits per heavy atom. The molecule has 1 aromatic carbocycles. The molecule has 0 spiro atoms. The third kappa shape index (κ3) is 6.29. The van der Waals surface area contributed by atoms with Gasteiger partial charge in [-0.2, -0.15) is 0 Å². The van der Waals surface area contributed by atoms with Gasteiger partial charge in [-0.3, -0.25) is 0 Å². The maximum absolute atomic E-state index is 2.27. The van der Waals surface area contributed by atoms with E-state index >= 15 is 0 Å². The molecule has 0 aliphatic rings. The van der Waals surface area contributed by atoms with Crippen molar-refractivity contribution in [2.75, 3.05) is 5.75 Å². The average molecular weight is 287 g/mol. The van der Waals surface area contributed by atoms with Crippen LogP contribution in [0.1, 0.15) is 38.2 Å². The van der Waals surface area contributed by atoms with Gasteiger partial charge in [0.2, 0.25) is 0 Å². The Bertz CT molecular complexity index is 256. The van der Waals surface area contributed by atoms with Gasteiger partial charge in [0, 0.05) is 0 Å². The van der Waals surface area contributed by atoms with Crippen LogP contribution in [0.25, 0.3) is 0 Å². The molecule has 0 atom stereocenters. The van der Waals surface area contributed by atoms with Crippen LogP contribution in [0.2, 0.25) is 0 Å². The van der Waals surface area contributed by atoms with Crippen LogP contribution in [0.15, 0.2) is 24.3 Å². The second-order valence-electron chi connectivity index (χ2n) is 3.78. The number of benzene rings is 1. The van der Waals surface area contributed by atoms with Crippen molar-refractivity contribution in [1.82, 2.24) is 0 Å². The van der Waals surface area contributed by atoms with Gasteiger partial charge in [-0.25, -0.2) is 0 Å². The van der Waals surface area contributed by atoms with Gasteiger partial charge in [-0.15, -0.1) is 0 Å². The molecule has 0 heterocycles. The molecule has 0 aliphatic carbocycles. The molecule has 0 amide bonds. The minimum atomic E-state index is 0.625. The summed E-state index contributed by atoms with van der Waals surface area (Å²) in [6, 6.07) is 8.98. The Morgan fingerprint density at radius 1 is 1.07 bits per heavy atom. The van der Waals surface area contributed by atoms with Gasteiger partial charge in [0.25, 0.3) is 0 Å². The van der Waals surface area contributed by atoms with Crippen molar-refractivity contribution in [2.24, 2.45) is 0 Å². The fourth-order valence-electron chi connectivity index (χ4n) is 1.29. The van der Waals surface area contributed by atoms with E-state index in [4.69, 9.17) is 0 Å². The summed E-state index contributed by atoms with van der Waals surface area (Å²) in [5.74, 6) is 1.34. The molecule has 0 bridgehead atoms. The molecule has 0 unspecified atom stereocenters. The van der Waals surface area contributed by atoms with E-state index in [2.05, 4.69) is 48.3 Å². The Hall–Kier alpha value is 0.0895. The van der Waals surface area contributed by atoms with Crippen LogP contribution < -0.4 is 4.46 Å². The molecule has 84 valence electrons. The molecule has 2 heteroatoms. The summed E-state index contributed by atoms with van der Waals surface area (Å²) in [6.45, 7) is 4.41. The topological polar surface area (TPSA) is 0 Å². The van der Waals surface area contributed by atoms with Crippen molar-refractivity contribution in [3.05, 3.63) is 29.8 Å². The Labute approximate surface area is 103 Å². The molecule has 0 saturated heterocycles. The van der Waals surface area contributed by atoms with E-state index < -0.39 is 0 Å². The van der Waals surface area contributed by atoms with Crippen LogP contribution in [0.3, 0.4) is 0 Å². The molecule has 15 heavy (non-hydrogen) atoms. The van der Waals surface area contributed by atoms with Gasteiger partial charge in [0.15, 0.2) is 0 Å². The van der Waals surface area contributed by atoms with E-state index in [1.807, 2.05) is 0 Å². The van der Waals surface area contributed by atoms with Crippen molar-refractivity contribution in [2.45, 2.75) is 39.5 Å². The van der Waals surface area contributed by atoms with Gasteiger partial charge in [-0.1, -0.05) is 0 Å². The first-order valence-electron chi connectivity index (χ1n) is 5.69. The van der Waals surface area contributed by atoms with E-state index in [1.165, 1.54) is 41.5 Å². The van der Waals surface area contributed by atoms with Crippen molar-refractivity contribution >= 4 is 28.5 Å². The summed E-state index contributed by atoms with van der Waals surface area (Å²) < 4.78 is 1.52. The van der Waals surface area contributed by atoms with E-state index in [1.54, 1.807) is 0 Å². The summed E-state index contributed by atoms with van der Waals surface area (Å²) in [5.41, 5.74) is 1.36. The van der Waals surface area contributed by atoms with Crippen molar-refractivity contribution < 1.29 is 0 Å². The Morgan fingerprint density at radius 2 is 1.80 bits per heavy atom. The normalized spacial score (nSPS) is 10.5. The molecular weight excluding hydrogens is 267 g/mol. The predicted molar refractivity (Wildman–Crippen MR) is 73.2 cm³/mol. The zero-order valence-corrected chi connectivity index (χ0v) is 12.2. The molecule has 0 aromatic heterocycles. The summed E-state index contributed by atoms with van der Waals surface area (Å²) in [4.78, 5) is 0. The SMILES string of the molecule is CCCCCCS[Se]c1ccc(C)cc1. The number of hydrogen-bond acceptors (Lipinski definition) is 1. The van der Waals surface area contributed by atoms with E-state index in [9.17, 15) is 0 Å².